The Morgan fingerprint density at radius 2 is 1.70 bits per heavy atom. The van der Waals surface area contributed by atoms with E-state index < -0.39 is 0 Å². The van der Waals surface area contributed by atoms with Crippen LogP contribution in [-0.4, -0.2) is 24.4 Å². The van der Waals surface area contributed by atoms with E-state index in [4.69, 9.17) is 9.47 Å². The fourth-order valence-corrected chi connectivity index (χ4v) is 4.27. The first kappa shape index (κ1) is 21.7. The zero-order valence-electron chi connectivity index (χ0n) is 19.1. The first-order valence-electron chi connectivity index (χ1n) is 11.9. The van der Waals surface area contributed by atoms with E-state index in [9.17, 15) is 4.39 Å². The van der Waals surface area contributed by atoms with Crippen molar-refractivity contribution in [1.29, 1.82) is 0 Å². The molecular formula is C29H30FNO2. The molecule has 0 radical (unpaired) electrons. The summed E-state index contributed by atoms with van der Waals surface area (Å²) < 4.78 is 27.1. The molecule has 33 heavy (non-hydrogen) atoms. The maximum absolute atomic E-state index is 13.4. The van der Waals surface area contributed by atoms with E-state index in [0.29, 0.717) is 13.2 Å². The van der Waals surface area contributed by atoms with Crippen LogP contribution >= 0.6 is 0 Å². The van der Waals surface area contributed by atoms with Crippen molar-refractivity contribution in [2.24, 2.45) is 5.92 Å². The van der Waals surface area contributed by atoms with Gasteiger partial charge in [-0.05, 0) is 85.2 Å². The van der Waals surface area contributed by atoms with Gasteiger partial charge in [-0.3, -0.25) is 0 Å². The Bertz CT molecular complexity index is 1210. The lowest BCUT2D eigenvalue weighted by atomic mass is 10.0. The third-order valence-corrected chi connectivity index (χ3v) is 6.27. The van der Waals surface area contributed by atoms with Gasteiger partial charge in [-0.25, -0.2) is 4.39 Å². The molecule has 4 heteroatoms. The van der Waals surface area contributed by atoms with E-state index >= 15 is 0 Å². The second-order valence-electron chi connectivity index (χ2n) is 8.87. The van der Waals surface area contributed by atoms with Crippen LogP contribution < -0.4 is 4.74 Å². The first-order valence-corrected chi connectivity index (χ1v) is 11.9. The second-order valence-corrected chi connectivity index (χ2v) is 8.87. The number of fused-ring (bicyclic) bond motifs is 1. The van der Waals surface area contributed by atoms with E-state index in [1.54, 1.807) is 0 Å². The molecule has 0 amide bonds. The lowest BCUT2D eigenvalue weighted by molar-refractivity contribution is 0.127. The number of hydrogen-bond donors (Lipinski definition) is 0. The maximum Gasteiger partial charge on any atom is 0.123 e. The summed E-state index contributed by atoms with van der Waals surface area (Å²) in [5.41, 5.74) is 5.87. The van der Waals surface area contributed by atoms with Crippen molar-refractivity contribution in [1.82, 2.24) is 4.57 Å². The average Bonchev–Trinajstić information content (AvgIpc) is 3.60. The SMILES string of the molecule is CCOc1ccc(-c2cn(Cc3ccc(F)cc3)c3ccc(CCOCC4CC4)cc23)cc1. The van der Waals surface area contributed by atoms with Crippen molar-refractivity contribution < 1.29 is 13.9 Å². The molecule has 4 aromatic rings. The van der Waals surface area contributed by atoms with Gasteiger partial charge in [-0.2, -0.15) is 0 Å². The van der Waals surface area contributed by atoms with Gasteiger partial charge in [0.25, 0.3) is 0 Å². The number of ether oxygens (including phenoxy) is 2. The molecule has 0 spiro atoms. The number of rotatable bonds is 10. The van der Waals surface area contributed by atoms with Gasteiger partial charge in [0.2, 0.25) is 0 Å². The molecular weight excluding hydrogens is 413 g/mol. The van der Waals surface area contributed by atoms with E-state index in [1.165, 1.54) is 47.0 Å². The summed E-state index contributed by atoms with van der Waals surface area (Å²) in [6.07, 6.45) is 5.75. The fraction of sp³-hybridized carbons (Fsp3) is 0.310. The van der Waals surface area contributed by atoms with Crippen LogP contribution in [0.15, 0.2) is 72.9 Å². The maximum atomic E-state index is 13.4. The van der Waals surface area contributed by atoms with Gasteiger partial charge in [0.05, 0.1) is 13.2 Å². The second kappa shape index (κ2) is 9.80. The van der Waals surface area contributed by atoms with Crippen LogP contribution in [0, 0.1) is 11.7 Å². The average molecular weight is 444 g/mol. The van der Waals surface area contributed by atoms with Crippen LogP contribution in [0.2, 0.25) is 0 Å². The molecule has 0 unspecified atom stereocenters. The molecule has 1 saturated carbocycles. The summed E-state index contributed by atoms with van der Waals surface area (Å²) in [6, 6.07) is 21.7. The molecule has 3 aromatic carbocycles. The molecule has 1 fully saturated rings. The van der Waals surface area contributed by atoms with Gasteiger partial charge >= 0.3 is 0 Å². The predicted molar refractivity (Wildman–Crippen MR) is 131 cm³/mol. The smallest absolute Gasteiger partial charge is 0.123 e. The normalized spacial score (nSPS) is 13.5. The van der Waals surface area contributed by atoms with Gasteiger partial charge in [0, 0.05) is 35.8 Å². The first-order chi connectivity index (χ1) is 16.2. The molecule has 170 valence electrons. The van der Waals surface area contributed by atoms with Gasteiger partial charge in [-0.1, -0.05) is 30.3 Å². The molecule has 1 aliphatic carbocycles. The van der Waals surface area contributed by atoms with Crippen LogP contribution in [0.5, 0.6) is 5.75 Å². The zero-order chi connectivity index (χ0) is 22.6. The van der Waals surface area contributed by atoms with Crippen LogP contribution in [0.1, 0.15) is 30.9 Å². The Kier molecular flexibility index (Phi) is 6.45. The predicted octanol–water partition coefficient (Wildman–Crippen LogP) is 6.86. The Morgan fingerprint density at radius 3 is 2.42 bits per heavy atom. The van der Waals surface area contributed by atoms with Crippen molar-refractivity contribution in [3.8, 4) is 16.9 Å². The Morgan fingerprint density at radius 1 is 0.939 bits per heavy atom. The molecule has 1 aromatic heterocycles. The molecule has 0 atom stereocenters. The van der Waals surface area contributed by atoms with Gasteiger partial charge in [0.1, 0.15) is 11.6 Å². The van der Waals surface area contributed by atoms with E-state index in [-0.39, 0.29) is 5.82 Å². The summed E-state index contributed by atoms with van der Waals surface area (Å²) >= 11 is 0. The highest BCUT2D eigenvalue weighted by atomic mass is 19.1. The van der Waals surface area contributed by atoms with Gasteiger partial charge < -0.3 is 14.0 Å². The highest BCUT2D eigenvalue weighted by molar-refractivity contribution is 5.96. The summed E-state index contributed by atoms with van der Waals surface area (Å²) in [7, 11) is 0. The highest BCUT2D eigenvalue weighted by Crippen LogP contribution is 2.33. The van der Waals surface area contributed by atoms with Gasteiger partial charge in [-0.15, -0.1) is 0 Å². The minimum absolute atomic E-state index is 0.209. The van der Waals surface area contributed by atoms with Gasteiger partial charge in [0.15, 0.2) is 0 Å². The van der Waals surface area contributed by atoms with Crippen molar-refractivity contribution in [3.05, 3.63) is 89.9 Å². The summed E-state index contributed by atoms with van der Waals surface area (Å²) in [5.74, 6) is 1.46. The molecule has 0 bridgehead atoms. The van der Waals surface area contributed by atoms with E-state index in [2.05, 4.69) is 41.1 Å². The lowest BCUT2D eigenvalue weighted by Crippen LogP contribution is -2.01. The van der Waals surface area contributed by atoms with E-state index in [0.717, 1.165) is 42.4 Å². The number of halogens is 1. The lowest BCUT2D eigenvalue weighted by Gasteiger charge is -2.07. The van der Waals surface area contributed by atoms with Crippen LogP contribution in [0.3, 0.4) is 0 Å². The van der Waals surface area contributed by atoms with Crippen molar-refractivity contribution in [2.75, 3.05) is 19.8 Å². The summed E-state index contributed by atoms with van der Waals surface area (Å²) in [6.45, 7) is 5.00. The fourth-order valence-electron chi connectivity index (χ4n) is 4.27. The van der Waals surface area contributed by atoms with Crippen molar-refractivity contribution in [3.63, 3.8) is 0 Å². The van der Waals surface area contributed by atoms with Crippen molar-refractivity contribution >= 4 is 10.9 Å². The minimum atomic E-state index is -0.209. The number of aromatic nitrogens is 1. The van der Waals surface area contributed by atoms with Crippen LogP contribution in [0.25, 0.3) is 22.0 Å². The highest BCUT2D eigenvalue weighted by Gasteiger charge is 2.21. The Balaban J connectivity index is 1.46. The van der Waals surface area contributed by atoms with E-state index in [1.807, 2.05) is 31.2 Å². The largest absolute Gasteiger partial charge is 0.494 e. The Labute approximate surface area is 194 Å². The third kappa shape index (κ3) is 5.28. The molecule has 3 nitrogen and oxygen atoms in total. The van der Waals surface area contributed by atoms with Crippen LogP contribution in [0.4, 0.5) is 4.39 Å². The quantitative estimate of drug-likeness (QED) is 0.250. The molecule has 0 aliphatic heterocycles. The van der Waals surface area contributed by atoms with Crippen LogP contribution in [-0.2, 0) is 17.7 Å². The Hall–Kier alpha value is -3.11. The summed E-state index contributed by atoms with van der Waals surface area (Å²) in [5, 5.41) is 1.22. The minimum Gasteiger partial charge on any atom is -0.494 e. The molecule has 1 aliphatic rings. The number of hydrogen-bond acceptors (Lipinski definition) is 2. The molecule has 1 heterocycles. The number of benzene rings is 3. The van der Waals surface area contributed by atoms with Crippen molar-refractivity contribution in [2.45, 2.75) is 32.7 Å². The topological polar surface area (TPSA) is 23.4 Å². The molecule has 0 N–H and O–H groups in total. The third-order valence-electron chi connectivity index (χ3n) is 6.27. The summed E-state index contributed by atoms with van der Waals surface area (Å²) in [4.78, 5) is 0. The monoisotopic (exact) mass is 443 g/mol. The standard InChI is InChI=1S/C29H30FNO2/c1-2-33-26-12-8-24(9-13-26)28-19-31(18-22-5-10-25(30)11-6-22)29-14-7-21(17-27(28)29)15-16-32-20-23-3-4-23/h5-14,17,19,23H,2-4,15-16,18,20H2,1H3. The molecule has 0 saturated heterocycles. The zero-order valence-corrected chi connectivity index (χ0v) is 19.1. The molecule has 5 rings (SSSR count). The number of nitrogens with zero attached hydrogens (tertiary/aromatic N) is 1.